The van der Waals surface area contributed by atoms with Crippen LogP contribution in [0, 0.1) is 5.92 Å². The van der Waals surface area contributed by atoms with Gasteiger partial charge in [0, 0.05) is 0 Å². The monoisotopic (exact) mass is 583 g/mol. The average Bonchev–Trinajstić information content (AvgIpc) is 2.86. The SMILES string of the molecule is CCC(C)(C)OC(=O)Oc1ccc(C[C@H](N)C(=O)OC[C@H](C)OC(=O)OCC(C)C)cc1OC(=O)OC(C)(C)CC. The molecular formula is C29H45NO11. The highest BCUT2D eigenvalue weighted by molar-refractivity contribution is 5.76. The first-order valence-corrected chi connectivity index (χ1v) is 13.7. The van der Waals surface area contributed by atoms with E-state index in [2.05, 4.69) is 0 Å². The number of benzene rings is 1. The number of carbonyl (C=O) groups excluding carboxylic acids is 4. The molecule has 12 heteroatoms. The van der Waals surface area contributed by atoms with Gasteiger partial charge in [0.2, 0.25) is 0 Å². The third-order valence-corrected chi connectivity index (χ3v) is 5.87. The predicted octanol–water partition coefficient (Wildman–Crippen LogP) is 5.71. The van der Waals surface area contributed by atoms with Gasteiger partial charge in [-0.3, -0.25) is 4.79 Å². The molecule has 2 atom stereocenters. The number of hydrogen-bond acceptors (Lipinski definition) is 12. The zero-order valence-corrected chi connectivity index (χ0v) is 25.6. The Morgan fingerprint density at radius 2 is 1.32 bits per heavy atom. The van der Waals surface area contributed by atoms with Gasteiger partial charge < -0.3 is 38.9 Å². The first-order chi connectivity index (χ1) is 19.0. The molecule has 0 fully saturated rings. The van der Waals surface area contributed by atoms with Crippen molar-refractivity contribution in [1.82, 2.24) is 0 Å². The lowest BCUT2D eigenvalue weighted by molar-refractivity contribution is -0.148. The Morgan fingerprint density at radius 1 is 0.780 bits per heavy atom. The molecule has 0 aromatic heterocycles. The van der Waals surface area contributed by atoms with Gasteiger partial charge in [-0.25, -0.2) is 14.4 Å². The van der Waals surface area contributed by atoms with Gasteiger partial charge in [0.05, 0.1) is 6.61 Å². The molecule has 0 saturated carbocycles. The van der Waals surface area contributed by atoms with Crippen molar-refractivity contribution in [3.63, 3.8) is 0 Å². The molecule has 2 N–H and O–H groups in total. The highest BCUT2D eigenvalue weighted by Gasteiger charge is 2.27. The number of ether oxygens (including phenoxy) is 7. The van der Waals surface area contributed by atoms with Gasteiger partial charge in [0.1, 0.15) is 30.0 Å². The van der Waals surface area contributed by atoms with E-state index in [-0.39, 0.29) is 37.1 Å². The maximum Gasteiger partial charge on any atom is 0.514 e. The van der Waals surface area contributed by atoms with Crippen LogP contribution in [0.25, 0.3) is 0 Å². The summed E-state index contributed by atoms with van der Waals surface area (Å²) >= 11 is 0. The summed E-state index contributed by atoms with van der Waals surface area (Å²) in [5, 5.41) is 0. The fourth-order valence-electron chi connectivity index (χ4n) is 2.77. The van der Waals surface area contributed by atoms with E-state index in [0.29, 0.717) is 18.4 Å². The molecule has 0 aliphatic carbocycles. The van der Waals surface area contributed by atoms with Crippen LogP contribution in [0.5, 0.6) is 11.5 Å². The summed E-state index contributed by atoms with van der Waals surface area (Å²) < 4.78 is 36.5. The van der Waals surface area contributed by atoms with Crippen molar-refractivity contribution in [3.05, 3.63) is 23.8 Å². The second kappa shape index (κ2) is 16.0. The van der Waals surface area contributed by atoms with E-state index in [1.54, 1.807) is 40.7 Å². The maximum absolute atomic E-state index is 12.5. The summed E-state index contributed by atoms with van der Waals surface area (Å²) in [7, 11) is 0. The Labute approximate surface area is 242 Å². The summed E-state index contributed by atoms with van der Waals surface area (Å²) in [4.78, 5) is 49.0. The van der Waals surface area contributed by atoms with Gasteiger partial charge >= 0.3 is 24.4 Å². The van der Waals surface area contributed by atoms with E-state index in [0.717, 1.165) is 0 Å². The third kappa shape index (κ3) is 14.1. The maximum atomic E-state index is 12.5. The lowest BCUT2D eigenvalue weighted by Gasteiger charge is -2.24. The van der Waals surface area contributed by atoms with Gasteiger partial charge in [0.15, 0.2) is 11.5 Å². The summed E-state index contributed by atoms with van der Waals surface area (Å²) in [6.45, 7) is 15.9. The molecule has 0 bridgehead atoms. The smallest absolute Gasteiger partial charge is 0.461 e. The van der Waals surface area contributed by atoms with Crippen molar-refractivity contribution < 1.29 is 52.3 Å². The Balaban J connectivity index is 2.94. The number of hydrogen-bond donors (Lipinski definition) is 1. The summed E-state index contributed by atoms with van der Waals surface area (Å²) in [6, 6.07) is 3.23. The molecule has 232 valence electrons. The predicted molar refractivity (Wildman–Crippen MR) is 149 cm³/mol. The Morgan fingerprint density at radius 3 is 1.83 bits per heavy atom. The Kier molecular flexibility index (Phi) is 13.9. The Bertz CT molecular complexity index is 1040. The topological polar surface area (TPSA) is 159 Å². The van der Waals surface area contributed by atoms with Gasteiger partial charge in [-0.15, -0.1) is 0 Å². The van der Waals surface area contributed by atoms with Crippen molar-refractivity contribution in [2.75, 3.05) is 13.2 Å². The fraction of sp³-hybridized carbons (Fsp3) is 0.655. The van der Waals surface area contributed by atoms with Crippen molar-refractivity contribution in [2.45, 2.75) is 105 Å². The van der Waals surface area contributed by atoms with E-state index in [1.165, 1.54) is 12.1 Å². The van der Waals surface area contributed by atoms with Crippen LogP contribution in [0.4, 0.5) is 14.4 Å². The molecule has 0 heterocycles. The van der Waals surface area contributed by atoms with Crippen LogP contribution < -0.4 is 15.2 Å². The summed E-state index contributed by atoms with van der Waals surface area (Å²) in [5.74, 6) is -0.819. The van der Waals surface area contributed by atoms with E-state index in [9.17, 15) is 19.2 Å². The van der Waals surface area contributed by atoms with Crippen LogP contribution >= 0.6 is 0 Å². The third-order valence-electron chi connectivity index (χ3n) is 5.87. The molecule has 0 unspecified atom stereocenters. The lowest BCUT2D eigenvalue weighted by atomic mass is 10.1. The quantitative estimate of drug-likeness (QED) is 0.162. The highest BCUT2D eigenvalue weighted by Crippen LogP contribution is 2.31. The average molecular weight is 584 g/mol. The minimum Gasteiger partial charge on any atom is -0.461 e. The van der Waals surface area contributed by atoms with E-state index < -0.39 is 47.8 Å². The van der Waals surface area contributed by atoms with Crippen molar-refractivity contribution in [3.8, 4) is 11.5 Å². The largest absolute Gasteiger partial charge is 0.514 e. The van der Waals surface area contributed by atoms with Gasteiger partial charge in [-0.1, -0.05) is 33.8 Å². The molecule has 1 aromatic rings. The van der Waals surface area contributed by atoms with Crippen LogP contribution in [-0.2, 0) is 34.9 Å². The lowest BCUT2D eigenvalue weighted by Crippen LogP contribution is -2.36. The zero-order valence-electron chi connectivity index (χ0n) is 25.6. The molecular weight excluding hydrogens is 538 g/mol. The molecule has 0 radical (unpaired) electrons. The molecule has 1 aromatic carbocycles. The van der Waals surface area contributed by atoms with Gasteiger partial charge in [-0.2, -0.15) is 0 Å². The molecule has 0 aliphatic heterocycles. The summed E-state index contributed by atoms with van der Waals surface area (Å²) in [5.41, 5.74) is 4.94. The van der Waals surface area contributed by atoms with E-state index >= 15 is 0 Å². The fourth-order valence-corrected chi connectivity index (χ4v) is 2.77. The number of nitrogens with two attached hydrogens (primary N) is 1. The minimum atomic E-state index is -1.10. The Hall–Kier alpha value is -3.54. The van der Waals surface area contributed by atoms with Crippen LogP contribution in [0.2, 0.25) is 0 Å². The number of rotatable bonds is 14. The van der Waals surface area contributed by atoms with Crippen molar-refractivity contribution in [2.24, 2.45) is 11.7 Å². The normalized spacial score (nSPS) is 13.0. The molecule has 0 spiro atoms. The van der Waals surface area contributed by atoms with Crippen molar-refractivity contribution >= 4 is 24.4 Å². The zero-order chi connectivity index (χ0) is 31.4. The van der Waals surface area contributed by atoms with Crippen LogP contribution in [0.15, 0.2) is 18.2 Å². The first kappa shape index (κ1) is 35.5. The van der Waals surface area contributed by atoms with Gasteiger partial charge in [0.25, 0.3) is 0 Å². The molecule has 41 heavy (non-hydrogen) atoms. The molecule has 0 amide bonds. The first-order valence-electron chi connectivity index (χ1n) is 13.7. The second-order valence-corrected chi connectivity index (χ2v) is 11.2. The molecule has 0 aliphatic rings. The highest BCUT2D eigenvalue weighted by atomic mass is 16.8. The summed E-state index contributed by atoms with van der Waals surface area (Å²) in [6.07, 6.45) is -2.54. The molecule has 0 saturated heterocycles. The van der Waals surface area contributed by atoms with Crippen LogP contribution in [0.3, 0.4) is 0 Å². The van der Waals surface area contributed by atoms with Gasteiger partial charge in [-0.05, 0) is 77.5 Å². The van der Waals surface area contributed by atoms with Crippen LogP contribution in [-0.4, -0.2) is 61.0 Å². The number of esters is 1. The minimum absolute atomic E-state index is 0.00997. The molecule has 12 nitrogen and oxygen atoms in total. The van der Waals surface area contributed by atoms with Crippen molar-refractivity contribution in [1.29, 1.82) is 0 Å². The van der Waals surface area contributed by atoms with E-state index in [4.69, 9.17) is 38.9 Å². The second-order valence-electron chi connectivity index (χ2n) is 11.2. The molecule has 1 rings (SSSR count). The number of carbonyl (C=O) groups is 4. The van der Waals surface area contributed by atoms with E-state index in [1.807, 2.05) is 27.7 Å². The van der Waals surface area contributed by atoms with Crippen LogP contribution in [0.1, 0.15) is 80.7 Å². The standard InChI is InChI=1S/C29H45NO11/c1-10-28(6,7)40-26(33)38-22-13-12-20(15-23(22)39-27(34)41-29(8,9)11-2)14-21(30)24(31)35-17-19(5)37-25(32)36-16-18(3)4/h12-13,15,18-19,21H,10-11,14,16-17,30H2,1-9H3/t19-,21-/m0/s1.